The van der Waals surface area contributed by atoms with Crippen LogP contribution in [0.15, 0.2) is 66.7 Å². The van der Waals surface area contributed by atoms with Crippen LogP contribution in [-0.4, -0.2) is 63.5 Å². The highest BCUT2D eigenvalue weighted by molar-refractivity contribution is 6.53. The van der Waals surface area contributed by atoms with Crippen LogP contribution in [0.4, 0.5) is 26.3 Å². The lowest BCUT2D eigenvalue weighted by molar-refractivity contribution is -0.127. The molecule has 0 radical (unpaired) electrons. The predicted octanol–water partition coefficient (Wildman–Crippen LogP) is 14.2. The first-order valence-electron chi connectivity index (χ1n) is 24.2. The van der Waals surface area contributed by atoms with Gasteiger partial charge in [-0.3, -0.25) is 14.4 Å². The predicted molar refractivity (Wildman–Crippen MR) is 272 cm³/mol. The summed E-state index contributed by atoms with van der Waals surface area (Å²) in [5.74, 6) is -3.21. The molecule has 3 atom stereocenters. The molecule has 3 unspecified atom stereocenters. The van der Waals surface area contributed by atoms with Crippen molar-refractivity contribution in [3.8, 4) is 0 Å². The summed E-state index contributed by atoms with van der Waals surface area (Å²) in [5, 5.41) is 11.2. The minimum absolute atomic E-state index is 0.0410. The molecule has 0 spiro atoms. The summed E-state index contributed by atoms with van der Waals surface area (Å²) in [4.78, 5) is 41.5. The molecule has 2 heterocycles. The fourth-order valence-electron chi connectivity index (χ4n) is 9.27. The van der Waals surface area contributed by atoms with Crippen molar-refractivity contribution in [3.63, 3.8) is 0 Å². The van der Waals surface area contributed by atoms with Crippen molar-refractivity contribution >= 4 is 64.1 Å². The number of alkyl halides is 6. The van der Waals surface area contributed by atoms with Crippen LogP contribution in [0.1, 0.15) is 171 Å². The number of rotatable bonds is 16. The third-order valence-corrected chi connectivity index (χ3v) is 15.7. The van der Waals surface area contributed by atoms with Crippen LogP contribution in [0, 0.1) is 23.2 Å². The van der Waals surface area contributed by atoms with Crippen molar-refractivity contribution in [2.45, 2.75) is 141 Å². The number of hydrogen-bond acceptors (Lipinski definition) is 5. The van der Waals surface area contributed by atoms with Crippen LogP contribution >= 0.6 is 46.4 Å². The number of halogens is 10. The van der Waals surface area contributed by atoms with E-state index in [-0.39, 0.29) is 54.9 Å². The maximum Gasteiger partial charge on any atom is 0.283 e. The average Bonchev–Trinajstić information content (AvgIpc) is 4.29. The molecule has 8 rings (SSSR count). The lowest BCUT2D eigenvalue weighted by Crippen LogP contribution is -2.36. The smallest absolute Gasteiger partial charge is 0.283 e. The number of aromatic nitrogens is 4. The topological polar surface area (TPSA) is 105 Å². The number of aryl methyl sites for hydroxylation is 2. The van der Waals surface area contributed by atoms with Gasteiger partial charge < -0.3 is 15.1 Å². The zero-order valence-electron chi connectivity index (χ0n) is 42.1. The van der Waals surface area contributed by atoms with Gasteiger partial charge in [-0.15, -0.1) is 23.2 Å². The van der Waals surface area contributed by atoms with Gasteiger partial charge in [-0.05, 0) is 103 Å². The van der Waals surface area contributed by atoms with Gasteiger partial charge in [-0.25, -0.2) is 26.9 Å². The minimum Gasteiger partial charge on any atom is -0.349 e. The van der Waals surface area contributed by atoms with Crippen molar-refractivity contribution in [2.75, 3.05) is 0 Å². The largest absolute Gasteiger partial charge is 0.349 e. The molecule has 0 saturated heterocycles. The van der Waals surface area contributed by atoms with Gasteiger partial charge in [-0.2, -0.15) is 19.0 Å². The molecule has 0 bridgehead atoms. The number of carbonyl (C=O) groups is 3. The monoisotopic (exact) mass is 1100 g/mol. The second kappa shape index (κ2) is 23.4. The average molecular weight is 1100 g/mol. The van der Waals surface area contributed by atoms with E-state index in [9.17, 15) is 40.7 Å². The summed E-state index contributed by atoms with van der Waals surface area (Å²) in [5.41, 5.74) is 1.33. The van der Waals surface area contributed by atoms with E-state index in [1.54, 1.807) is 12.1 Å². The molecular formula is C53H61Cl4F6N7O3. The summed E-state index contributed by atoms with van der Waals surface area (Å²) in [7, 11) is 2.42. The van der Waals surface area contributed by atoms with Gasteiger partial charge in [0.1, 0.15) is 26.8 Å². The maximum atomic E-state index is 14.4. The van der Waals surface area contributed by atoms with Crippen LogP contribution in [-0.2, 0) is 32.0 Å². The molecule has 396 valence electrons. The van der Waals surface area contributed by atoms with E-state index in [4.69, 9.17) is 46.4 Å². The van der Waals surface area contributed by atoms with E-state index in [1.165, 1.54) is 23.9 Å². The summed E-state index contributed by atoms with van der Waals surface area (Å²) in [6, 6.07) is 20.3. The minimum atomic E-state index is -3.03. The summed E-state index contributed by atoms with van der Waals surface area (Å²) >= 11 is 24.5. The summed E-state index contributed by atoms with van der Waals surface area (Å²) in [6.45, 7) is 14.4. The Morgan fingerprint density at radius 3 is 1.53 bits per heavy atom. The van der Waals surface area contributed by atoms with E-state index in [1.807, 2.05) is 89.2 Å². The molecule has 10 nitrogen and oxygen atoms in total. The normalized spacial score (nSPS) is 18.3. The van der Waals surface area contributed by atoms with Crippen LogP contribution in [0.2, 0.25) is 10.0 Å². The summed E-state index contributed by atoms with van der Waals surface area (Å²) < 4.78 is 82.2. The number of amides is 3. The van der Waals surface area contributed by atoms with Crippen LogP contribution in [0.3, 0.4) is 0 Å². The van der Waals surface area contributed by atoms with E-state index < -0.39 is 68.8 Å². The third kappa shape index (κ3) is 12.5. The lowest BCUT2D eigenvalue weighted by atomic mass is 9.96. The molecular weight excluding hydrogens is 1040 g/mol. The lowest BCUT2D eigenvalue weighted by Gasteiger charge is -2.25. The molecule has 3 saturated carbocycles. The molecule has 5 aromatic rings. The van der Waals surface area contributed by atoms with E-state index >= 15 is 0 Å². The highest BCUT2D eigenvalue weighted by Crippen LogP contribution is 2.70. The Labute approximate surface area is 442 Å². The van der Waals surface area contributed by atoms with Crippen LogP contribution in [0.5, 0.6) is 0 Å². The molecule has 73 heavy (non-hydrogen) atoms. The molecule has 3 aromatic carbocycles. The summed E-state index contributed by atoms with van der Waals surface area (Å²) in [6.07, 6.45) is -2.31. The molecule has 3 fully saturated rings. The number of benzene rings is 3. The molecule has 20 heteroatoms. The quantitative estimate of drug-likeness (QED) is 0.0783. The first-order chi connectivity index (χ1) is 34.3. The third-order valence-electron chi connectivity index (χ3n) is 13.9. The van der Waals surface area contributed by atoms with Crippen molar-refractivity contribution in [3.05, 3.63) is 139 Å². The molecule has 3 aliphatic carbocycles. The van der Waals surface area contributed by atoms with Gasteiger partial charge in [0, 0.05) is 55.2 Å². The number of nitrogens with one attached hydrogen (secondary N) is 1. The van der Waals surface area contributed by atoms with Gasteiger partial charge in [0.15, 0.2) is 0 Å². The zero-order chi connectivity index (χ0) is 54.0. The van der Waals surface area contributed by atoms with E-state index in [0.29, 0.717) is 25.8 Å². The fourth-order valence-corrected chi connectivity index (χ4v) is 10.6. The molecule has 0 aliphatic heterocycles. The highest BCUT2D eigenvalue weighted by Gasteiger charge is 2.76. The number of carbonyl (C=O) groups excluding carboxylic acids is 3. The van der Waals surface area contributed by atoms with Gasteiger partial charge in [-0.1, -0.05) is 107 Å². The van der Waals surface area contributed by atoms with E-state index in [2.05, 4.69) is 29.4 Å². The highest BCUT2D eigenvalue weighted by atomic mass is 35.5. The van der Waals surface area contributed by atoms with Crippen LogP contribution in [0.25, 0.3) is 0 Å². The Kier molecular flexibility index (Phi) is 18.4. The van der Waals surface area contributed by atoms with Crippen molar-refractivity contribution < 1.29 is 40.7 Å². The molecule has 3 amide bonds. The van der Waals surface area contributed by atoms with Gasteiger partial charge >= 0.3 is 0 Å². The Morgan fingerprint density at radius 2 is 1.12 bits per heavy atom. The fraction of sp³-hybridized carbons (Fsp3) is 0.491. The van der Waals surface area contributed by atoms with E-state index in [0.717, 1.165) is 53.5 Å². The van der Waals surface area contributed by atoms with Crippen molar-refractivity contribution in [1.29, 1.82) is 0 Å². The zero-order valence-corrected chi connectivity index (χ0v) is 45.1. The standard InChI is InChI=1S/C19H21ClF3N3O.C19H22F3N3O.C15H18Cl3NO/c1-10(2)14-7-4-12(20)8-11(14)9-26(13-5-6-13)19(27)15-16(17(21)22)24-25(3)18(15)23;1-11(2)14-7-5-4-6-12(14)10-25(13-8-9-13)19(26)15-16(17(20)21)23-24(3)18(15)22;1-4-14(10(3)15(14,17)18)13(20)19-9(2)11-5-7-12(16)8-6-11/h4,7-8,10,13,17H,5-6,9H2,1-3H3;4-7,11,13,17H,8-10H2,1-3H3;5-10H,4H2,1-3H3,(H,19,20). The maximum absolute atomic E-state index is 14.4. The molecule has 3 aliphatic rings. The molecule has 1 N–H and O–H groups in total. The second-order valence-electron chi connectivity index (χ2n) is 19.5. The first-order valence-corrected chi connectivity index (χ1v) is 25.7. The molecule has 2 aromatic heterocycles. The number of nitrogens with zero attached hydrogens (tertiary/aromatic N) is 6. The Hall–Kier alpha value is -4.77. The van der Waals surface area contributed by atoms with Crippen molar-refractivity contribution in [1.82, 2.24) is 34.7 Å². The van der Waals surface area contributed by atoms with Crippen LogP contribution < -0.4 is 5.32 Å². The van der Waals surface area contributed by atoms with Crippen molar-refractivity contribution in [2.24, 2.45) is 25.4 Å². The SMILES string of the molecule is CC(C)c1ccc(Cl)cc1CN(C(=O)c1c(C(F)F)nn(C)c1F)C1CC1.CC(C)c1ccccc1CN(C(=O)c1c(C(F)F)nn(C)c1F)C1CC1.CCC1(C(=O)NC(C)c2ccc(Cl)cc2)C(C)C1(Cl)Cl. The Balaban J connectivity index is 0.000000181. The first kappa shape index (κ1) is 57.5. The number of hydrogen-bond donors (Lipinski definition) is 1. The van der Waals surface area contributed by atoms with Gasteiger partial charge in [0.25, 0.3) is 24.7 Å². The van der Waals surface area contributed by atoms with Gasteiger partial charge in [0.2, 0.25) is 17.8 Å². The Bertz CT molecular complexity index is 2780. The Morgan fingerprint density at radius 1 is 0.699 bits per heavy atom. The van der Waals surface area contributed by atoms with Gasteiger partial charge in [0.05, 0.1) is 11.5 Å². The second-order valence-corrected chi connectivity index (χ2v) is 21.8.